The minimum absolute atomic E-state index is 0.253. The molecular formula is C21H24FN3O4S. The molecule has 0 aliphatic carbocycles. The predicted molar refractivity (Wildman–Crippen MR) is 111 cm³/mol. The van der Waals surface area contributed by atoms with Crippen LogP contribution in [0.15, 0.2) is 18.2 Å². The number of hydrogen-bond acceptors (Lipinski definition) is 6. The van der Waals surface area contributed by atoms with E-state index in [4.69, 9.17) is 9.47 Å². The highest BCUT2D eigenvalue weighted by molar-refractivity contribution is 7.17. The maximum Gasteiger partial charge on any atom is 0.350 e. The van der Waals surface area contributed by atoms with Crippen LogP contribution in [-0.2, 0) is 11.2 Å². The number of anilines is 1. The van der Waals surface area contributed by atoms with Crippen LogP contribution in [0.25, 0.3) is 0 Å². The number of carbonyl (C=O) groups excluding carboxylic acids is 2. The Balaban J connectivity index is 1.36. The Morgan fingerprint density at radius 3 is 2.83 bits per heavy atom. The number of rotatable bonds is 3. The molecule has 30 heavy (non-hydrogen) atoms. The fraction of sp³-hybridized carbons (Fsp3) is 0.476. The van der Waals surface area contributed by atoms with Gasteiger partial charge < -0.3 is 14.4 Å². The van der Waals surface area contributed by atoms with Crippen LogP contribution in [0.3, 0.4) is 0 Å². The van der Waals surface area contributed by atoms with Crippen LogP contribution in [0.2, 0.25) is 0 Å². The number of nitrogens with zero attached hydrogens (tertiary/aromatic N) is 2. The van der Waals surface area contributed by atoms with E-state index in [0.29, 0.717) is 47.4 Å². The molecule has 1 spiro atoms. The number of ether oxygens (including phenoxy) is 2. The van der Waals surface area contributed by atoms with Gasteiger partial charge in [-0.1, -0.05) is 17.4 Å². The Labute approximate surface area is 178 Å². The number of benzene rings is 1. The lowest BCUT2D eigenvalue weighted by Crippen LogP contribution is -2.52. The maximum atomic E-state index is 13.6. The number of likely N-dealkylation sites (tertiary alicyclic amines) is 1. The second kappa shape index (κ2) is 8.22. The molecule has 2 aliphatic heterocycles. The number of amides is 2. The topological polar surface area (TPSA) is 80.8 Å². The van der Waals surface area contributed by atoms with Crippen LogP contribution in [0.4, 0.5) is 14.3 Å². The highest BCUT2D eigenvalue weighted by Gasteiger charge is 2.40. The van der Waals surface area contributed by atoms with E-state index >= 15 is 0 Å². The summed E-state index contributed by atoms with van der Waals surface area (Å²) in [6, 6.07) is 4.43. The van der Waals surface area contributed by atoms with Crippen LogP contribution < -0.4 is 10.1 Å². The Hall–Kier alpha value is -2.68. The molecule has 2 amide bonds. The van der Waals surface area contributed by atoms with Gasteiger partial charge in [0.2, 0.25) is 0 Å². The number of hydrogen-bond donors (Lipinski definition) is 1. The SMILES string of the molecule is CCOC(=O)c1sc(NC(=O)N2CCC3(CCc4ccc(F)cc4O3)CC2)nc1C. The number of thiazole rings is 1. The van der Waals surface area contributed by atoms with Crippen LogP contribution in [0.5, 0.6) is 5.75 Å². The zero-order valence-electron chi connectivity index (χ0n) is 17.0. The lowest BCUT2D eigenvalue weighted by molar-refractivity contribution is -0.00460. The first-order valence-corrected chi connectivity index (χ1v) is 10.9. The summed E-state index contributed by atoms with van der Waals surface area (Å²) in [5, 5.41) is 3.15. The highest BCUT2D eigenvalue weighted by atomic mass is 32.1. The molecule has 7 nitrogen and oxygen atoms in total. The number of aromatic nitrogens is 1. The zero-order chi connectivity index (χ0) is 21.3. The average Bonchev–Trinajstić information content (AvgIpc) is 3.08. The van der Waals surface area contributed by atoms with E-state index in [1.807, 2.05) is 0 Å². The lowest BCUT2D eigenvalue weighted by Gasteiger charge is -2.44. The van der Waals surface area contributed by atoms with Crippen molar-refractivity contribution >= 4 is 28.5 Å². The second-order valence-corrected chi connectivity index (χ2v) is 8.61. The third-order valence-corrected chi connectivity index (χ3v) is 6.69. The number of halogens is 1. The lowest BCUT2D eigenvalue weighted by atomic mass is 9.83. The van der Waals surface area contributed by atoms with Crippen LogP contribution in [-0.4, -0.2) is 47.2 Å². The predicted octanol–water partition coefficient (Wildman–Crippen LogP) is 4.16. The summed E-state index contributed by atoms with van der Waals surface area (Å²) in [5.74, 6) is -0.119. The van der Waals surface area contributed by atoms with Gasteiger partial charge in [-0.2, -0.15) is 0 Å². The summed E-state index contributed by atoms with van der Waals surface area (Å²) in [7, 11) is 0. The smallest absolute Gasteiger partial charge is 0.350 e. The van der Waals surface area contributed by atoms with Crippen molar-refractivity contribution in [1.82, 2.24) is 9.88 Å². The van der Waals surface area contributed by atoms with E-state index < -0.39 is 5.97 Å². The Morgan fingerprint density at radius 2 is 2.10 bits per heavy atom. The molecule has 0 radical (unpaired) electrons. The average molecular weight is 434 g/mol. The second-order valence-electron chi connectivity index (χ2n) is 7.61. The summed E-state index contributed by atoms with van der Waals surface area (Å²) in [4.78, 5) is 31.0. The number of aryl methyl sites for hydroxylation is 2. The molecule has 2 aromatic rings. The van der Waals surface area contributed by atoms with Crippen molar-refractivity contribution in [2.75, 3.05) is 25.0 Å². The molecule has 2 aliphatic rings. The molecule has 1 saturated heterocycles. The van der Waals surface area contributed by atoms with Crippen LogP contribution in [0.1, 0.15) is 47.1 Å². The number of carbonyl (C=O) groups is 2. The number of piperidine rings is 1. The maximum absolute atomic E-state index is 13.6. The van der Waals surface area contributed by atoms with Crippen molar-refractivity contribution in [3.63, 3.8) is 0 Å². The van der Waals surface area contributed by atoms with E-state index in [1.54, 1.807) is 24.8 Å². The summed E-state index contributed by atoms with van der Waals surface area (Å²) < 4.78 is 24.8. The number of urea groups is 1. The van der Waals surface area contributed by atoms with E-state index in [0.717, 1.165) is 29.7 Å². The molecule has 0 unspecified atom stereocenters. The Kier molecular flexibility index (Phi) is 5.64. The van der Waals surface area contributed by atoms with Crippen LogP contribution >= 0.6 is 11.3 Å². The highest BCUT2D eigenvalue weighted by Crippen LogP contribution is 2.39. The van der Waals surface area contributed by atoms with Gasteiger partial charge in [-0.25, -0.2) is 19.0 Å². The Bertz CT molecular complexity index is 969. The number of fused-ring (bicyclic) bond motifs is 1. The zero-order valence-corrected chi connectivity index (χ0v) is 17.8. The number of esters is 1. The van der Waals surface area contributed by atoms with Crippen molar-refractivity contribution < 1.29 is 23.5 Å². The fourth-order valence-corrected chi connectivity index (χ4v) is 4.80. The molecule has 4 rings (SSSR count). The first-order chi connectivity index (χ1) is 14.4. The molecule has 0 atom stereocenters. The minimum atomic E-state index is -0.431. The first kappa shape index (κ1) is 20.6. The van der Waals surface area contributed by atoms with Gasteiger partial charge in [0.1, 0.15) is 22.0 Å². The molecule has 3 heterocycles. The summed E-state index contributed by atoms with van der Waals surface area (Å²) >= 11 is 1.11. The monoisotopic (exact) mass is 433 g/mol. The quantitative estimate of drug-likeness (QED) is 0.736. The first-order valence-electron chi connectivity index (χ1n) is 10.1. The number of nitrogens with one attached hydrogen (secondary N) is 1. The third kappa shape index (κ3) is 4.12. The summed E-state index contributed by atoms with van der Waals surface area (Å²) in [5.41, 5.74) is 1.21. The molecule has 1 aromatic heterocycles. The van der Waals surface area contributed by atoms with Gasteiger partial charge in [-0.3, -0.25) is 5.32 Å². The largest absolute Gasteiger partial charge is 0.487 e. The van der Waals surface area contributed by atoms with E-state index in [9.17, 15) is 14.0 Å². The van der Waals surface area contributed by atoms with Crippen molar-refractivity contribution in [1.29, 1.82) is 0 Å². The van der Waals surface area contributed by atoms with Gasteiger partial charge in [0.05, 0.1) is 12.3 Å². The van der Waals surface area contributed by atoms with Crippen molar-refractivity contribution in [3.05, 3.63) is 40.2 Å². The molecule has 0 bridgehead atoms. The van der Waals surface area contributed by atoms with Crippen LogP contribution in [0, 0.1) is 12.7 Å². The van der Waals surface area contributed by atoms with E-state index in [1.165, 1.54) is 12.1 Å². The van der Waals surface area contributed by atoms with Gasteiger partial charge in [0, 0.05) is 32.0 Å². The van der Waals surface area contributed by atoms with Gasteiger partial charge in [0.25, 0.3) is 0 Å². The third-order valence-electron chi connectivity index (χ3n) is 5.64. The van der Waals surface area contributed by atoms with Crippen molar-refractivity contribution in [2.24, 2.45) is 0 Å². The van der Waals surface area contributed by atoms with Gasteiger partial charge in [-0.05, 0) is 38.3 Å². The Morgan fingerprint density at radius 1 is 1.33 bits per heavy atom. The molecule has 9 heteroatoms. The van der Waals surface area contributed by atoms with Crippen molar-refractivity contribution in [2.45, 2.75) is 45.1 Å². The molecular weight excluding hydrogens is 409 g/mol. The summed E-state index contributed by atoms with van der Waals surface area (Å²) in [6.45, 7) is 4.80. The molecule has 1 aromatic carbocycles. The minimum Gasteiger partial charge on any atom is -0.487 e. The molecule has 160 valence electrons. The normalized spacial score (nSPS) is 17.2. The molecule has 1 N–H and O–H groups in total. The standard InChI is InChI=1S/C21H24FN3O4S/c1-3-28-18(26)17-13(2)23-19(30-17)24-20(27)25-10-8-21(9-11-25)7-6-14-4-5-15(22)12-16(14)29-21/h4-5,12H,3,6-11H2,1-2H3,(H,23,24,27). The van der Waals surface area contributed by atoms with Gasteiger partial charge in [-0.15, -0.1) is 0 Å². The fourth-order valence-electron chi connectivity index (χ4n) is 3.95. The molecule has 1 fully saturated rings. The molecule has 0 saturated carbocycles. The summed E-state index contributed by atoms with van der Waals surface area (Å²) in [6.07, 6.45) is 3.06. The van der Waals surface area contributed by atoms with Gasteiger partial charge in [0.15, 0.2) is 5.13 Å². The van der Waals surface area contributed by atoms with E-state index in [2.05, 4.69) is 10.3 Å². The van der Waals surface area contributed by atoms with Crippen molar-refractivity contribution in [3.8, 4) is 5.75 Å². The van der Waals surface area contributed by atoms with Gasteiger partial charge >= 0.3 is 12.0 Å². The van der Waals surface area contributed by atoms with E-state index in [-0.39, 0.29) is 24.1 Å².